The van der Waals surface area contributed by atoms with E-state index < -0.39 is 17.9 Å². The number of hydrogen-bond acceptors (Lipinski definition) is 5. The second-order valence-electron chi connectivity index (χ2n) is 5.75. The van der Waals surface area contributed by atoms with Gasteiger partial charge in [0, 0.05) is 17.9 Å². The number of aliphatic carboxylic acids is 1. The summed E-state index contributed by atoms with van der Waals surface area (Å²) in [5, 5.41) is 12.5. The molecule has 1 aromatic rings. The first kappa shape index (κ1) is 17.6. The summed E-state index contributed by atoms with van der Waals surface area (Å²) in [7, 11) is 0. The number of ether oxygens (including phenoxy) is 1. The Kier molecular flexibility index (Phi) is 5.86. The molecule has 7 heteroatoms. The average molecular weight is 314 g/mol. The molecule has 1 rings (SSSR count). The Balaban J connectivity index is 2.64. The van der Waals surface area contributed by atoms with Crippen LogP contribution in [0.15, 0.2) is 0 Å². The molecule has 6 nitrogen and oxygen atoms in total. The number of carboxylic acid groups (broad SMARTS) is 1. The van der Waals surface area contributed by atoms with Gasteiger partial charge in [0.1, 0.15) is 11.7 Å². The highest BCUT2D eigenvalue weighted by Gasteiger charge is 2.23. The standard InChI is InChI=1S/C14H22N2O4S/c1-8-11(15-9(2)21-8)12(17)16-10(13(18)19)6-7-20-14(3,4)5/h10H,6-7H2,1-5H3,(H,16,17)(H,18,19). The number of aromatic nitrogens is 1. The van der Waals surface area contributed by atoms with Crippen LogP contribution in [-0.2, 0) is 9.53 Å². The second kappa shape index (κ2) is 7.00. The van der Waals surface area contributed by atoms with Crippen molar-refractivity contribution in [3.8, 4) is 0 Å². The molecule has 1 aromatic heterocycles. The number of nitrogens with zero attached hydrogens (tertiary/aromatic N) is 1. The van der Waals surface area contributed by atoms with E-state index in [0.717, 1.165) is 9.88 Å². The number of nitrogens with one attached hydrogen (secondary N) is 1. The lowest BCUT2D eigenvalue weighted by Gasteiger charge is -2.21. The highest BCUT2D eigenvalue weighted by atomic mass is 32.1. The summed E-state index contributed by atoms with van der Waals surface area (Å²) >= 11 is 1.41. The van der Waals surface area contributed by atoms with Crippen LogP contribution in [0.25, 0.3) is 0 Å². The minimum Gasteiger partial charge on any atom is -0.480 e. The first-order chi connectivity index (χ1) is 9.60. The highest BCUT2D eigenvalue weighted by molar-refractivity contribution is 7.11. The molecule has 21 heavy (non-hydrogen) atoms. The third kappa shape index (κ3) is 5.81. The summed E-state index contributed by atoms with van der Waals surface area (Å²) in [6.45, 7) is 9.53. The molecule has 0 radical (unpaired) electrons. The molecule has 2 N–H and O–H groups in total. The predicted molar refractivity (Wildman–Crippen MR) is 80.8 cm³/mol. The van der Waals surface area contributed by atoms with E-state index >= 15 is 0 Å². The summed E-state index contributed by atoms with van der Waals surface area (Å²) in [6.07, 6.45) is 0.209. The number of amides is 1. The lowest BCUT2D eigenvalue weighted by atomic mass is 10.1. The first-order valence-corrected chi connectivity index (χ1v) is 7.53. The monoisotopic (exact) mass is 314 g/mol. The SMILES string of the molecule is Cc1nc(C(=O)NC(CCOC(C)(C)C)C(=O)O)c(C)s1. The van der Waals surface area contributed by atoms with E-state index in [4.69, 9.17) is 4.74 Å². The first-order valence-electron chi connectivity index (χ1n) is 6.72. The Morgan fingerprint density at radius 2 is 2.00 bits per heavy atom. The summed E-state index contributed by atoms with van der Waals surface area (Å²) in [5.41, 5.74) is -0.0455. The van der Waals surface area contributed by atoms with Crippen LogP contribution in [0.4, 0.5) is 0 Å². The maximum atomic E-state index is 12.1. The Morgan fingerprint density at radius 1 is 1.38 bits per heavy atom. The Labute approximate surface area is 128 Å². The molecule has 0 aliphatic carbocycles. The lowest BCUT2D eigenvalue weighted by molar-refractivity contribution is -0.140. The van der Waals surface area contributed by atoms with E-state index in [1.165, 1.54) is 11.3 Å². The van der Waals surface area contributed by atoms with Gasteiger partial charge in [-0.1, -0.05) is 0 Å². The second-order valence-corrected chi connectivity index (χ2v) is 7.16. The van der Waals surface area contributed by atoms with Gasteiger partial charge in [0.05, 0.1) is 10.6 Å². The van der Waals surface area contributed by atoms with E-state index in [1.54, 1.807) is 13.8 Å². The molecular weight excluding hydrogens is 292 g/mol. The molecule has 0 aromatic carbocycles. The molecule has 0 fully saturated rings. The minimum atomic E-state index is -1.08. The predicted octanol–water partition coefficient (Wildman–Crippen LogP) is 2.15. The van der Waals surface area contributed by atoms with Gasteiger partial charge in [-0.15, -0.1) is 11.3 Å². The molecular formula is C14H22N2O4S. The third-order valence-corrected chi connectivity index (χ3v) is 3.55. The molecule has 1 heterocycles. The fourth-order valence-electron chi connectivity index (χ4n) is 1.71. The van der Waals surface area contributed by atoms with Crippen LogP contribution in [0.2, 0.25) is 0 Å². The Bertz CT molecular complexity index is 520. The van der Waals surface area contributed by atoms with Gasteiger partial charge in [-0.3, -0.25) is 4.79 Å². The smallest absolute Gasteiger partial charge is 0.326 e. The van der Waals surface area contributed by atoms with Crippen molar-refractivity contribution in [2.45, 2.75) is 52.7 Å². The summed E-state index contributed by atoms with van der Waals surface area (Å²) in [6, 6.07) is -0.985. The number of hydrogen-bond donors (Lipinski definition) is 2. The quantitative estimate of drug-likeness (QED) is 0.840. The van der Waals surface area contributed by atoms with Gasteiger partial charge in [0.15, 0.2) is 0 Å². The van der Waals surface area contributed by atoms with E-state index in [0.29, 0.717) is 5.69 Å². The summed E-state index contributed by atoms with van der Waals surface area (Å²) in [4.78, 5) is 28.2. The Morgan fingerprint density at radius 3 is 2.43 bits per heavy atom. The zero-order chi connectivity index (χ0) is 16.2. The van der Waals surface area contributed by atoms with Crippen LogP contribution < -0.4 is 5.32 Å². The van der Waals surface area contributed by atoms with Crippen LogP contribution >= 0.6 is 11.3 Å². The van der Waals surface area contributed by atoms with Crippen molar-refractivity contribution in [2.75, 3.05) is 6.61 Å². The Hall–Kier alpha value is -1.47. The van der Waals surface area contributed by atoms with Crippen molar-refractivity contribution in [2.24, 2.45) is 0 Å². The average Bonchev–Trinajstić information content (AvgIpc) is 2.65. The maximum absolute atomic E-state index is 12.1. The van der Waals surface area contributed by atoms with Gasteiger partial charge in [-0.05, 0) is 34.6 Å². The largest absolute Gasteiger partial charge is 0.480 e. The number of carbonyl (C=O) groups excluding carboxylic acids is 1. The van der Waals surface area contributed by atoms with Gasteiger partial charge in [-0.2, -0.15) is 0 Å². The van der Waals surface area contributed by atoms with E-state index in [9.17, 15) is 14.7 Å². The van der Waals surface area contributed by atoms with Crippen molar-refractivity contribution in [1.29, 1.82) is 0 Å². The fraction of sp³-hybridized carbons (Fsp3) is 0.643. The minimum absolute atomic E-state index is 0.209. The number of thiazole rings is 1. The van der Waals surface area contributed by atoms with Crippen molar-refractivity contribution in [1.82, 2.24) is 10.3 Å². The zero-order valence-corrected chi connectivity index (χ0v) is 13.8. The fourth-order valence-corrected chi connectivity index (χ4v) is 2.52. The van der Waals surface area contributed by atoms with E-state index in [1.807, 2.05) is 20.8 Å². The topological polar surface area (TPSA) is 88.5 Å². The number of rotatable bonds is 6. The molecule has 0 aliphatic rings. The van der Waals surface area contributed by atoms with Gasteiger partial charge in [0.2, 0.25) is 0 Å². The molecule has 0 spiro atoms. The molecule has 118 valence electrons. The van der Waals surface area contributed by atoms with Crippen molar-refractivity contribution >= 4 is 23.2 Å². The molecule has 1 amide bonds. The summed E-state index contributed by atoms with van der Waals surface area (Å²) < 4.78 is 5.50. The maximum Gasteiger partial charge on any atom is 0.326 e. The summed E-state index contributed by atoms with van der Waals surface area (Å²) in [5.74, 6) is -1.54. The van der Waals surface area contributed by atoms with Gasteiger partial charge in [0.25, 0.3) is 5.91 Å². The van der Waals surface area contributed by atoms with Crippen LogP contribution in [-0.4, -0.2) is 40.2 Å². The van der Waals surface area contributed by atoms with Crippen molar-refractivity contribution < 1.29 is 19.4 Å². The van der Waals surface area contributed by atoms with Gasteiger partial charge >= 0.3 is 5.97 Å². The van der Waals surface area contributed by atoms with Crippen LogP contribution in [0.1, 0.15) is 47.6 Å². The highest BCUT2D eigenvalue weighted by Crippen LogP contribution is 2.16. The van der Waals surface area contributed by atoms with E-state index in [-0.39, 0.29) is 18.6 Å². The molecule has 0 saturated heterocycles. The van der Waals surface area contributed by atoms with Crippen molar-refractivity contribution in [3.63, 3.8) is 0 Å². The third-order valence-electron chi connectivity index (χ3n) is 2.66. The van der Waals surface area contributed by atoms with Crippen LogP contribution in [0.5, 0.6) is 0 Å². The number of carboxylic acids is 1. The zero-order valence-electron chi connectivity index (χ0n) is 13.0. The van der Waals surface area contributed by atoms with Gasteiger partial charge < -0.3 is 15.2 Å². The molecule has 0 saturated carbocycles. The molecule has 0 aliphatic heterocycles. The lowest BCUT2D eigenvalue weighted by Crippen LogP contribution is -2.42. The van der Waals surface area contributed by atoms with E-state index in [2.05, 4.69) is 10.3 Å². The van der Waals surface area contributed by atoms with Crippen LogP contribution in [0, 0.1) is 13.8 Å². The molecule has 1 unspecified atom stereocenters. The van der Waals surface area contributed by atoms with Gasteiger partial charge in [-0.25, -0.2) is 9.78 Å². The normalized spacial score (nSPS) is 13.0. The number of aryl methyl sites for hydroxylation is 2. The molecule has 0 bridgehead atoms. The number of carbonyl (C=O) groups is 2. The van der Waals surface area contributed by atoms with Crippen LogP contribution in [0.3, 0.4) is 0 Å². The molecule has 1 atom stereocenters. The van der Waals surface area contributed by atoms with Crippen molar-refractivity contribution in [3.05, 3.63) is 15.6 Å².